The van der Waals surface area contributed by atoms with E-state index in [2.05, 4.69) is 28.5 Å². The summed E-state index contributed by atoms with van der Waals surface area (Å²) < 4.78 is 12.0. The largest absolute Gasteiger partial charge is 0.480 e. The molecule has 1 fully saturated rings. The van der Waals surface area contributed by atoms with Crippen LogP contribution in [0.2, 0.25) is 0 Å². The zero-order chi connectivity index (χ0) is 16.2. The van der Waals surface area contributed by atoms with Crippen LogP contribution in [0.15, 0.2) is 71.5 Å². The van der Waals surface area contributed by atoms with Crippen LogP contribution in [0.3, 0.4) is 0 Å². The van der Waals surface area contributed by atoms with E-state index in [4.69, 9.17) is 9.15 Å². The molecule has 0 aliphatic carbocycles. The van der Waals surface area contributed by atoms with Crippen LogP contribution in [0.4, 0.5) is 0 Å². The Bertz CT molecular complexity index is 765. The third-order valence-electron chi connectivity index (χ3n) is 4.45. The summed E-state index contributed by atoms with van der Waals surface area (Å²) in [5, 5.41) is 3.40. The topological polar surface area (TPSA) is 47.3 Å². The summed E-state index contributed by atoms with van der Waals surface area (Å²) in [6, 6.07) is 18.4. The highest BCUT2D eigenvalue weighted by Gasteiger charge is 2.31. The van der Waals surface area contributed by atoms with E-state index in [0.717, 1.165) is 36.4 Å². The minimum Gasteiger partial charge on any atom is -0.480 e. The zero-order valence-electron chi connectivity index (χ0n) is 13.4. The molecule has 1 aliphatic heterocycles. The number of hydrogen-bond acceptors (Lipinski definition) is 4. The normalized spacial score (nSPS) is 18.4. The number of nitrogens with one attached hydrogen (secondary N) is 1. The Morgan fingerprint density at radius 3 is 2.67 bits per heavy atom. The van der Waals surface area contributed by atoms with Crippen molar-refractivity contribution >= 4 is 0 Å². The van der Waals surface area contributed by atoms with Gasteiger partial charge in [0.2, 0.25) is 5.89 Å². The lowest BCUT2D eigenvalue weighted by Crippen LogP contribution is -2.22. The van der Waals surface area contributed by atoms with Gasteiger partial charge in [-0.25, -0.2) is 4.98 Å². The molecular weight excluding hydrogens is 300 g/mol. The summed E-state index contributed by atoms with van der Waals surface area (Å²) in [4.78, 5) is 4.34. The van der Waals surface area contributed by atoms with Crippen LogP contribution in [0, 0.1) is 5.92 Å². The number of nitrogens with zero attached hydrogens (tertiary/aromatic N) is 1. The number of aromatic nitrogens is 1. The summed E-state index contributed by atoms with van der Waals surface area (Å²) in [7, 11) is 0. The van der Waals surface area contributed by atoms with Crippen molar-refractivity contribution in [3.05, 3.63) is 72.9 Å². The van der Waals surface area contributed by atoms with Gasteiger partial charge >= 0.3 is 0 Å². The van der Waals surface area contributed by atoms with Crippen molar-refractivity contribution in [3.63, 3.8) is 0 Å². The van der Waals surface area contributed by atoms with Gasteiger partial charge in [-0.15, -0.1) is 0 Å². The molecule has 4 nitrogen and oxygen atoms in total. The first-order valence-corrected chi connectivity index (χ1v) is 8.33. The van der Waals surface area contributed by atoms with Crippen molar-refractivity contribution in [2.45, 2.75) is 12.5 Å². The molecule has 4 rings (SSSR count). The average Bonchev–Trinajstić information content (AvgIpc) is 3.35. The van der Waals surface area contributed by atoms with Gasteiger partial charge in [0.1, 0.15) is 12.0 Å². The smallest absolute Gasteiger partial charge is 0.235 e. The fraction of sp³-hybridized carbons (Fsp3) is 0.250. The minimum absolute atomic E-state index is 0.181. The molecule has 2 heterocycles. The van der Waals surface area contributed by atoms with Crippen molar-refractivity contribution in [2.24, 2.45) is 5.92 Å². The number of benzene rings is 2. The Hall–Kier alpha value is -2.59. The van der Waals surface area contributed by atoms with Crippen LogP contribution < -0.4 is 10.1 Å². The second-order valence-electron chi connectivity index (χ2n) is 6.02. The molecule has 1 aliphatic rings. The fourth-order valence-corrected chi connectivity index (χ4v) is 3.22. The molecule has 2 atom stereocenters. The van der Waals surface area contributed by atoms with E-state index in [0.29, 0.717) is 11.8 Å². The maximum atomic E-state index is 6.43. The molecule has 1 N–H and O–H groups in total. The zero-order valence-corrected chi connectivity index (χ0v) is 13.4. The molecule has 0 spiro atoms. The molecule has 24 heavy (non-hydrogen) atoms. The number of oxazole rings is 1. The number of rotatable bonds is 5. The standard InChI is InChI=1S/C20H20N2O2/c1-2-6-15(7-3-1)17-8-4-5-9-18(17)24-19(16-10-11-21-14-16)20-22-12-13-23-20/h1-9,12-13,16,19,21H,10-11,14H2/t16-,19?/m0/s1. The van der Waals surface area contributed by atoms with Crippen molar-refractivity contribution in [1.29, 1.82) is 0 Å². The van der Waals surface area contributed by atoms with Crippen LogP contribution in [0.1, 0.15) is 18.4 Å². The van der Waals surface area contributed by atoms with E-state index in [-0.39, 0.29) is 6.10 Å². The van der Waals surface area contributed by atoms with Gasteiger partial charge in [-0.05, 0) is 24.6 Å². The molecule has 0 saturated carbocycles. The number of hydrogen-bond donors (Lipinski definition) is 1. The van der Waals surface area contributed by atoms with Crippen LogP contribution in [0.5, 0.6) is 5.75 Å². The monoisotopic (exact) mass is 320 g/mol. The molecule has 122 valence electrons. The maximum absolute atomic E-state index is 6.43. The molecule has 1 saturated heterocycles. The first-order chi connectivity index (χ1) is 11.9. The number of ether oxygens (including phenoxy) is 1. The highest BCUT2D eigenvalue weighted by Crippen LogP contribution is 2.36. The molecule has 0 radical (unpaired) electrons. The quantitative estimate of drug-likeness (QED) is 0.770. The average molecular weight is 320 g/mol. The summed E-state index contributed by atoms with van der Waals surface area (Å²) in [6.45, 7) is 1.92. The second kappa shape index (κ2) is 6.89. The van der Waals surface area contributed by atoms with Crippen molar-refractivity contribution in [2.75, 3.05) is 13.1 Å². The molecular formula is C20H20N2O2. The highest BCUT2D eigenvalue weighted by atomic mass is 16.5. The van der Waals surface area contributed by atoms with Gasteiger partial charge in [0.15, 0.2) is 6.10 Å². The third-order valence-corrected chi connectivity index (χ3v) is 4.45. The lowest BCUT2D eigenvalue weighted by molar-refractivity contribution is 0.115. The van der Waals surface area contributed by atoms with E-state index in [1.54, 1.807) is 12.5 Å². The summed E-state index contributed by atoms with van der Waals surface area (Å²) in [6.07, 6.45) is 4.16. The van der Waals surface area contributed by atoms with Gasteiger partial charge in [0.05, 0.1) is 6.20 Å². The summed E-state index contributed by atoms with van der Waals surface area (Å²) in [5.41, 5.74) is 2.23. The van der Waals surface area contributed by atoms with E-state index < -0.39 is 0 Å². The SMILES string of the molecule is c1ccc(-c2ccccc2OC(c2ncco2)[C@H]2CCNC2)cc1. The van der Waals surface area contributed by atoms with Gasteiger partial charge in [-0.2, -0.15) is 0 Å². The van der Waals surface area contributed by atoms with Crippen LogP contribution >= 0.6 is 0 Å². The van der Waals surface area contributed by atoms with Gasteiger partial charge in [0, 0.05) is 18.0 Å². The third kappa shape index (κ3) is 3.05. The van der Waals surface area contributed by atoms with Crippen molar-refractivity contribution < 1.29 is 9.15 Å². The molecule has 2 aromatic carbocycles. The van der Waals surface area contributed by atoms with E-state index >= 15 is 0 Å². The Morgan fingerprint density at radius 1 is 1.08 bits per heavy atom. The van der Waals surface area contributed by atoms with E-state index in [9.17, 15) is 0 Å². The van der Waals surface area contributed by atoms with Gasteiger partial charge in [-0.1, -0.05) is 48.5 Å². The summed E-state index contributed by atoms with van der Waals surface area (Å²) >= 11 is 0. The predicted molar refractivity (Wildman–Crippen MR) is 92.7 cm³/mol. The maximum Gasteiger partial charge on any atom is 0.235 e. The predicted octanol–water partition coefficient (Wildman–Crippen LogP) is 4.07. The first-order valence-electron chi connectivity index (χ1n) is 8.33. The second-order valence-corrected chi connectivity index (χ2v) is 6.02. The van der Waals surface area contributed by atoms with Crippen molar-refractivity contribution in [3.8, 4) is 16.9 Å². The molecule has 3 aromatic rings. The molecule has 0 bridgehead atoms. The van der Waals surface area contributed by atoms with Crippen LogP contribution in [-0.4, -0.2) is 18.1 Å². The van der Waals surface area contributed by atoms with E-state index in [1.165, 1.54) is 0 Å². The lowest BCUT2D eigenvalue weighted by Gasteiger charge is -2.23. The Morgan fingerprint density at radius 2 is 1.92 bits per heavy atom. The highest BCUT2D eigenvalue weighted by molar-refractivity contribution is 5.70. The van der Waals surface area contributed by atoms with Gasteiger partial charge in [-0.3, -0.25) is 0 Å². The van der Waals surface area contributed by atoms with Gasteiger partial charge < -0.3 is 14.5 Å². The molecule has 1 unspecified atom stereocenters. The Labute approximate surface area is 141 Å². The van der Waals surface area contributed by atoms with Crippen LogP contribution in [-0.2, 0) is 0 Å². The Kier molecular flexibility index (Phi) is 4.30. The lowest BCUT2D eigenvalue weighted by atomic mass is 10.0. The molecule has 0 amide bonds. The summed E-state index contributed by atoms with van der Waals surface area (Å²) in [5.74, 6) is 1.86. The molecule has 1 aromatic heterocycles. The Balaban J connectivity index is 1.68. The van der Waals surface area contributed by atoms with Gasteiger partial charge in [0.25, 0.3) is 0 Å². The minimum atomic E-state index is -0.181. The van der Waals surface area contributed by atoms with Crippen molar-refractivity contribution in [1.82, 2.24) is 10.3 Å². The number of para-hydroxylation sites is 1. The van der Waals surface area contributed by atoms with Crippen LogP contribution in [0.25, 0.3) is 11.1 Å². The van der Waals surface area contributed by atoms with E-state index in [1.807, 2.05) is 36.4 Å². The first kappa shape index (κ1) is 15.0. The molecule has 4 heteroatoms. The fourth-order valence-electron chi connectivity index (χ4n) is 3.22.